The summed E-state index contributed by atoms with van der Waals surface area (Å²) >= 11 is 14.5. The molecular formula is C36H30Br4O2. The summed E-state index contributed by atoms with van der Waals surface area (Å²) in [6.07, 6.45) is 6.94. The number of aliphatic hydroxyl groups is 1. The molecule has 0 radical (unpaired) electrons. The average Bonchev–Trinajstić information content (AvgIpc) is 3.38. The Morgan fingerprint density at radius 2 is 0.833 bits per heavy atom. The molecular weight excluding hydrogens is 784 g/mol. The number of hydrogen-bond acceptors (Lipinski definition) is 2. The predicted octanol–water partition coefficient (Wildman–Crippen LogP) is 11.0. The highest BCUT2D eigenvalue weighted by molar-refractivity contribution is 9.11. The van der Waals surface area contributed by atoms with Gasteiger partial charge in [-0.3, -0.25) is 4.79 Å². The van der Waals surface area contributed by atoms with E-state index in [0.29, 0.717) is 18.6 Å². The number of hydrogen-bond donors (Lipinski definition) is 1. The van der Waals surface area contributed by atoms with Crippen molar-refractivity contribution in [3.8, 4) is 22.3 Å². The summed E-state index contributed by atoms with van der Waals surface area (Å²) in [4.78, 5) is 11.7. The highest BCUT2D eigenvalue weighted by Crippen LogP contribution is 2.57. The monoisotopic (exact) mass is 810 g/mol. The molecule has 0 unspecified atom stereocenters. The maximum absolute atomic E-state index is 11.7. The topological polar surface area (TPSA) is 37.3 Å². The first-order valence-electron chi connectivity index (χ1n) is 14.6. The molecule has 4 aromatic carbocycles. The molecule has 1 N–H and O–H groups in total. The van der Waals surface area contributed by atoms with Crippen LogP contribution >= 0.6 is 63.7 Å². The zero-order chi connectivity index (χ0) is 29.2. The minimum atomic E-state index is -0.137. The van der Waals surface area contributed by atoms with Crippen LogP contribution in [0.1, 0.15) is 73.6 Å². The van der Waals surface area contributed by atoms with E-state index in [1.54, 1.807) is 0 Å². The Labute approximate surface area is 280 Å². The van der Waals surface area contributed by atoms with Crippen LogP contribution in [0, 0.1) is 0 Å². The molecule has 2 fully saturated rings. The van der Waals surface area contributed by atoms with Crippen LogP contribution in [0.2, 0.25) is 0 Å². The molecule has 214 valence electrons. The van der Waals surface area contributed by atoms with E-state index in [1.807, 2.05) is 0 Å². The van der Waals surface area contributed by atoms with Gasteiger partial charge in [0.25, 0.3) is 0 Å². The molecule has 2 nitrogen and oxygen atoms in total. The zero-order valence-electron chi connectivity index (χ0n) is 23.0. The maximum atomic E-state index is 11.7. The van der Waals surface area contributed by atoms with Gasteiger partial charge in [-0.15, -0.1) is 0 Å². The van der Waals surface area contributed by atoms with Gasteiger partial charge in [-0.1, -0.05) is 88.0 Å². The number of Topliss-reactive ketones (excluding diaryl/α,β-unsaturated/α-hetero) is 1. The lowest BCUT2D eigenvalue weighted by Gasteiger charge is -2.38. The van der Waals surface area contributed by atoms with Crippen LogP contribution in [0.4, 0.5) is 0 Å². The van der Waals surface area contributed by atoms with E-state index in [9.17, 15) is 9.90 Å². The highest BCUT2D eigenvalue weighted by Gasteiger charge is 2.46. The molecule has 0 aliphatic heterocycles. The molecule has 4 aliphatic rings. The van der Waals surface area contributed by atoms with Crippen molar-refractivity contribution >= 4 is 69.5 Å². The molecule has 4 aliphatic carbocycles. The number of halogens is 4. The Hall–Kier alpha value is -1.57. The lowest BCUT2D eigenvalue weighted by molar-refractivity contribution is -0.121. The maximum Gasteiger partial charge on any atom is 0.133 e. The lowest BCUT2D eigenvalue weighted by atomic mass is 9.67. The third-order valence-electron chi connectivity index (χ3n) is 10.0. The van der Waals surface area contributed by atoms with E-state index >= 15 is 0 Å². The van der Waals surface area contributed by atoms with Crippen molar-refractivity contribution in [1.29, 1.82) is 0 Å². The van der Waals surface area contributed by atoms with E-state index in [1.165, 1.54) is 44.5 Å². The number of rotatable bonds is 0. The molecule has 0 aromatic heterocycles. The minimum Gasteiger partial charge on any atom is -0.393 e. The number of carbonyl (C=O) groups excluding carboxylic acids is 1. The van der Waals surface area contributed by atoms with Crippen LogP contribution in [-0.4, -0.2) is 17.0 Å². The second-order valence-corrected chi connectivity index (χ2v) is 15.9. The number of ketones is 1. The van der Waals surface area contributed by atoms with Crippen molar-refractivity contribution in [2.45, 2.75) is 68.3 Å². The van der Waals surface area contributed by atoms with Gasteiger partial charge in [-0.2, -0.15) is 0 Å². The van der Waals surface area contributed by atoms with Crippen LogP contribution < -0.4 is 0 Å². The first kappa shape index (κ1) is 29.2. The van der Waals surface area contributed by atoms with Gasteiger partial charge in [0, 0.05) is 41.6 Å². The van der Waals surface area contributed by atoms with E-state index in [-0.39, 0.29) is 16.9 Å². The standard InChI is InChI=1S/C18H16Br2O.C18H14Br2O/c2*19-11-1-3-14-15-4-2-12(20)10-17(15)18(16(14)9-11)7-5-13(21)6-8-18/h1-4,9-10,13,21H,5-8H2;1-4,9-10H,5-8H2. The normalized spacial score (nSPS) is 19.1. The first-order valence-corrected chi connectivity index (χ1v) is 17.8. The van der Waals surface area contributed by atoms with Crippen molar-refractivity contribution in [2.75, 3.05) is 0 Å². The van der Waals surface area contributed by atoms with Crippen LogP contribution in [0.25, 0.3) is 22.3 Å². The molecule has 4 aromatic rings. The molecule has 0 atom stereocenters. The number of aliphatic hydroxyl groups excluding tert-OH is 1. The summed E-state index contributed by atoms with van der Waals surface area (Å²) in [5.74, 6) is 0.403. The van der Waals surface area contributed by atoms with Gasteiger partial charge < -0.3 is 5.11 Å². The van der Waals surface area contributed by atoms with Gasteiger partial charge in [0.05, 0.1) is 6.10 Å². The summed E-state index contributed by atoms with van der Waals surface area (Å²) in [7, 11) is 0. The fourth-order valence-corrected chi connectivity index (χ4v) is 9.45. The molecule has 2 saturated carbocycles. The Kier molecular flexibility index (Phi) is 7.71. The van der Waals surface area contributed by atoms with Gasteiger partial charge in [-0.25, -0.2) is 0 Å². The van der Waals surface area contributed by atoms with Crippen molar-refractivity contribution in [3.05, 3.63) is 113 Å². The molecule has 42 heavy (non-hydrogen) atoms. The Morgan fingerprint density at radius 3 is 1.17 bits per heavy atom. The molecule has 8 rings (SSSR count). The summed E-state index contributed by atoms with van der Waals surface area (Å²) < 4.78 is 4.51. The number of carbonyl (C=O) groups is 1. The second-order valence-electron chi connectivity index (χ2n) is 12.2. The van der Waals surface area contributed by atoms with Crippen molar-refractivity contribution < 1.29 is 9.90 Å². The third kappa shape index (κ3) is 4.75. The smallest absolute Gasteiger partial charge is 0.133 e. The summed E-state index contributed by atoms with van der Waals surface area (Å²) in [5, 5.41) is 9.94. The highest BCUT2D eigenvalue weighted by atomic mass is 79.9. The zero-order valence-corrected chi connectivity index (χ0v) is 29.4. The van der Waals surface area contributed by atoms with Crippen LogP contribution in [-0.2, 0) is 15.6 Å². The van der Waals surface area contributed by atoms with E-state index in [4.69, 9.17) is 0 Å². The molecule has 0 amide bonds. The second kappa shape index (κ2) is 11.1. The fraction of sp³-hybridized carbons (Fsp3) is 0.306. The van der Waals surface area contributed by atoms with Gasteiger partial charge >= 0.3 is 0 Å². The third-order valence-corrected chi connectivity index (χ3v) is 12.0. The van der Waals surface area contributed by atoms with Gasteiger partial charge in [0.2, 0.25) is 0 Å². The lowest BCUT2D eigenvalue weighted by Crippen LogP contribution is -2.33. The summed E-state index contributed by atoms with van der Waals surface area (Å²) in [6, 6.07) is 26.4. The van der Waals surface area contributed by atoms with Gasteiger partial charge in [0.1, 0.15) is 5.78 Å². The van der Waals surface area contributed by atoms with E-state index in [0.717, 1.165) is 56.4 Å². The van der Waals surface area contributed by atoms with E-state index in [2.05, 4.69) is 137 Å². The minimum absolute atomic E-state index is 0.0200. The van der Waals surface area contributed by atoms with Gasteiger partial charge in [-0.05, 0) is 132 Å². The SMILES string of the molecule is O=C1CCC2(CC1)c1cc(Br)ccc1-c1ccc(Br)cc12.OC1CCC2(CC1)c1cc(Br)ccc1-c1ccc(Br)cc12. The van der Waals surface area contributed by atoms with Crippen LogP contribution in [0.15, 0.2) is 90.7 Å². The van der Waals surface area contributed by atoms with Crippen molar-refractivity contribution in [1.82, 2.24) is 0 Å². The quantitative estimate of drug-likeness (QED) is 0.192. The van der Waals surface area contributed by atoms with Gasteiger partial charge in [0.15, 0.2) is 0 Å². The average molecular weight is 814 g/mol. The Balaban J connectivity index is 0.000000137. The molecule has 6 heteroatoms. The van der Waals surface area contributed by atoms with Crippen LogP contribution in [0.5, 0.6) is 0 Å². The Morgan fingerprint density at radius 1 is 0.524 bits per heavy atom. The number of fused-ring (bicyclic) bond motifs is 10. The summed E-state index contributed by atoms with van der Waals surface area (Å²) in [5.41, 5.74) is 11.1. The van der Waals surface area contributed by atoms with Crippen LogP contribution in [0.3, 0.4) is 0 Å². The molecule has 0 saturated heterocycles. The van der Waals surface area contributed by atoms with E-state index < -0.39 is 0 Å². The predicted molar refractivity (Wildman–Crippen MR) is 184 cm³/mol. The Bertz CT molecular complexity index is 1620. The van der Waals surface area contributed by atoms with Crippen molar-refractivity contribution in [3.63, 3.8) is 0 Å². The summed E-state index contributed by atoms with van der Waals surface area (Å²) in [6.45, 7) is 0. The number of benzene rings is 4. The first-order chi connectivity index (χ1) is 20.2. The molecule has 0 heterocycles. The fourth-order valence-electron chi connectivity index (χ4n) is 8.01. The molecule has 0 bridgehead atoms. The largest absolute Gasteiger partial charge is 0.393 e. The molecule has 2 spiro atoms. The van der Waals surface area contributed by atoms with Crippen molar-refractivity contribution in [2.24, 2.45) is 0 Å².